The maximum absolute atomic E-state index is 11.6. The number of rotatable bonds is 4. The molecule has 0 radical (unpaired) electrons. The van der Waals surface area contributed by atoms with Crippen molar-refractivity contribution in [2.45, 2.75) is 31.2 Å². The lowest BCUT2D eigenvalue weighted by molar-refractivity contribution is -0.127. The molecule has 0 aliphatic carbocycles. The Bertz CT molecular complexity index is 313. The molecule has 1 rings (SSSR count). The minimum Gasteiger partial charge on any atom is -0.326 e. The highest BCUT2D eigenvalue weighted by Crippen LogP contribution is 2.12. The van der Waals surface area contributed by atoms with E-state index >= 15 is 0 Å². The van der Waals surface area contributed by atoms with Gasteiger partial charge in [-0.3, -0.25) is 9.69 Å². The molecule has 15 heavy (non-hydrogen) atoms. The first-order valence-corrected chi connectivity index (χ1v) is 5.19. The van der Waals surface area contributed by atoms with Crippen molar-refractivity contribution < 1.29 is 9.59 Å². The van der Waals surface area contributed by atoms with Gasteiger partial charge in [0.05, 0.1) is 12.6 Å². The zero-order chi connectivity index (χ0) is 11.4. The number of urea groups is 1. The number of nitriles is 1. The van der Waals surface area contributed by atoms with Crippen molar-refractivity contribution >= 4 is 23.5 Å². The van der Waals surface area contributed by atoms with Gasteiger partial charge in [0.1, 0.15) is 11.4 Å². The van der Waals surface area contributed by atoms with E-state index < -0.39 is 17.5 Å². The van der Waals surface area contributed by atoms with Crippen LogP contribution in [0.4, 0.5) is 4.79 Å². The van der Waals surface area contributed by atoms with E-state index in [1.54, 1.807) is 6.07 Å². The fraction of sp³-hybridized carbons (Fsp3) is 0.667. The minimum atomic E-state index is -0.847. The van der Waals surface area contributed by atoms with E-state index in [9.17, 15) is 9.59 Å². The lowest BCUT2D eigenvalue weighted by Crippen LogP contribution is -2.36. The van der Waals surface area contributed by atoms with Crippen molar-refractivity contribution in [3.05, 3.63) is 0 Å². The number of hydrogen-bond donors (Lipinski definition) is 1. The molecule has 1 heterocycles. The Morgan fingerprint density at radius 2 is 2.33 bits per heavy atom. The molecular formula is C9H12ClN3O2. The largest absolute Gasteiger partial charge is 0.326 e. The molecule has 1 aliphatic rings. The van der Waals surface area contributed by atoms with Gasteiger partial charge in [-0.05, 0) is 6.42 Å². The molecule has 0 aromatic rings. The van der Waals surface area contributed by atoms with Crippen LogP contribution in [0.3, 0.4) is 0 Å². The molecule has 1 N–H and O–H groups in total. The van der Waals surface area contributed by atoms with E-state index in [2.05, 4.69) is 5.32 Å². The number of nitrogens with one attached hydrogen (secondary N) is 1. The van der Waals surface area contributed by atoms with Crippen LogP contribution in [0.15, 0.2) is 0 Å². The van der Waals surface area contributed by atoms with Gasteiger partial charge in [0.2, 0.25) is 0 Å². The van der Waals surface area contributed by atoms with Gasteiger partial charge in [-0.15, -0.1) is 11.6 Å². The summed E-state index contributed by atoms with van der Waals surface area (Å²) in [6, 6.07) is 0.859. The Kier molecular flexibility index (Phi) is 3.92. The Morgan fingerprint density at radius 3 is 2.87 bits per heavy atom. The van der Waals surface area contributed by atoms with Gasteiger partial charge >= 0.3 is 6.03 Å². The van der Waals surface area contributed by atoms with E-state index in [-0.39, 0.29) is 12.5 Å². The predicted molar refractivity (Wildman–Crippen MR) is 54.2 cm³/mol. The summed E-state index contributed by atoms with van der Waals surface area (Å²) in [7, 11) is 0. The van der Waals surface area contributed by atoms with E-state index in [0.717, 1.165) is 11.3 Å². The van der Waals surface area contributed by atoms with Crippen molar-refractivity contribution in [2.24, 2.45) is 0 Å². The summed E-state index contributed by atoms with van der Waals surface area (Å²) in [5, 5.41) is 10.2. The molecule has 3 amide bonds. The molecule has 0 aromatic carbocycles. The third kappa shape index (κ3) is 2.60. The lowest BCUT2D eigenvalue weighted by atomic mass is 10.2. The van der Waals surface area contributed by atoms with Crippen molar-refractivity contribution in [2.75, 3.05) is 6.54 Å². The van der Waals surface area contributed by atoms with Gasteiger partial charge in [-0.1, -0.05) is 13.3 Å². The minimum absolute atomic E-state index is 0.0526. The van der Waals surface area contributed by atoms with Gasteiger partial charge in [-0.25, -0.2) is 4.79 Å². The van der Waals surface area contributed by atoms with Crippen LogP contribution in [0.2, 0.25) is 0 Å². The van der Waals surface area contributed by atoms with Crippen LogP contribution in [0.25, 0.3) is 0 Å². The van der Waals surface area contributed by atoms with Crippen molar-refractivity contribution in [1.29, 1.82) is 5.26 Å². The zero-order valence-electron chi connectivity index (χ0n) is 8.36. The van der Waals surface area contributed by atoms with E-state index in [1.165, 1.54) is 0 Å². The molecule has 82 valence electrons. The number of carbonyl (C=O) groups is 2. The van der Waals surface area contributed by atoms with Crippen molar-refractivity contribution in [1.82, 2.24) is 10.2 Å². The maximum Gasteiger partial charge on any atom is 0.324 e. The third-order valence-corrected chi connectivity index (χ3v) is 2.40. The normalized spacial score (nSPS) is 22.5. The predicted octanol–water partition coefficient (Wildman–Crippen LogP) is 0.838. The first-order valence-electron chi connectivity index (χ1n) is 4.75. The number of hydrogen-bond acceptors (Lipinski definition) is 3. The second kappa shape index (κ2) is 4.99. The monoisotopic (exact) mass is 229 g/mol. The summed E-state index contributed by atoms with van der Waals surface area (Å²) < 4.78 is 0. The molecule has 1 aliphatic heterocycles. The number of carbonyl (C=O) groups excluding carboxylic acids is 2. The standard InChI is InChI=1S/C9H12ClN3O2/c1-2-3-7-8(14)13(9(15)12-7)5-6(10)4-11/h6-7H,2-3,5H2,1H3,(H,12,15). The van der Waals surface area contributed by atoms with E-state index in [0.29, 0.717) is 6.42 Å². The fourth-order valence-corrected chi connectivity index (χ4v) is 1.57. The first-order chi connectivity index (χ1) is 7.10. The molecule has 6 heteroatoms. The molecule has 0 saturated carbocycles. The summed E-state index contributed by atoms with van der Waals surface area (Å²) in [5.74, 6) is -0.289. The quantitative estimate of drug-likeness (QED) is 0.574. The Hall–Kier alpha value is -1.28. The molecule has 1 saturated heterocycles. The van der Waals surface area contributed by atoms with Crippen LogP contribution in [0.5, 0.6) is 0 Å². The number of nitrogens with zero attached hydrogens (tertiary/aromatic N) is 2. The molecule has 1 fully saturated rings. The summed E-state index contributed by atoms with van der Waals surface area (Å²) in [6.07, 6.45) is 1.42. The highest BCUT2D eigenvalue weighted by atomic mass is 35.5. The molecule has 0 bridgehead atoms. The highest BCUT2D eigenvalue weighted by Gasteiger charge is 2.37. The van der Waals surface area contributed by atoms with Gasteiger partial charge in [-0.2, -0.15) is 5.26 Å². The third-order valence-electron chi connectivity index (χ3n) is 2.17. The van der Waals surface area contributed by atoms with Gasteiger partial charge in [0.15, 0.2) is 0 Å². The number of halogens is 1. The summed E-state index contributed by atoms with van der Waals surface area (Å²) in [5.41, 5.74) is 0. The van der Waals surface area contributed by atoms with Crippen LogP contribution in [0, 0.1) is 11.3 Å². The molecule has 0 aromatic heterocycles. The van der Waals surface area contributed by atoms with Crippen LogP contribution in [-0.4, -0.2) is 34.8 Å². The van der Waals surface area contributed by atoms with Gasteiger partial charge in [0, 0.05) is 0 Å². The molecule has 0 spiro atoms. The second-order valence-electron chi connectivity index (χ2n) is 3.34. The summed E-state index contributed by atoms with van der Waals surface area (Å²) in [6.45, 7) is 1.88. The van der Waals surface area contributed by atoms with Crippen LogP contribution in [-0.2, 0) is 4.79 Å². The van der Waals surface area contributed by atoms with Crippen molar-refractivity contribution in [3.63, 3.8) is 0 Å². The highest BCUT2D eigenvalue weighted by molar-refractivity contribution is 6.22. The van der Waals surface area contributed by atoms with E-state index in [4.69, 9.17) is 16.9 Å². The first kappa shape index (κ1) is 11.8. The Morgan fingerprint density at radius 1 is 1.67 bits per heavy atom. The average molecular weight is 230 g/mol. The van der Waals surface area contributed by atoms with Gasteiger partial charge in [0.25, 0.3) is 5.91 Å². The molecular weight excluding hydrogens is 218 g/mol. The summed E-state index contributed by atoms with van der Waals surface area (Å²) in [4.78, 5) is 24.0. The van der Waals surface area contributed by atoms with Crippen LogP contribution in [0.1, 0.15) is 19.8 Å². The number of alkyl halides is 1. The zero-order valence-corrected chi connectivity index (χ0v) is 9.12. The smallest absolute Gasteiger partial charge is 0.324 e. The lowest BCUT2D eigenvalue weighted by Gasteiger charge is -2.12. The fourth-order valence-electron chi connectivity index (χ4n) is 1.44. The number of amides is 3. The Balaban J connectivity index is 2.63. The SMILES string of the molecule is CCCC1NC(=O)N(CC(Cl)C#N)C1=O. The topological polar surface area (TPSA) is 73.2 Å². The van der Waals surface area contributed by atoms with Crippen molar-refractivity contribution in [3.8, 4) is 6.07 Å². The van der Waals surface area contributed by atoms with E-state index in [1.807, 2.05) is 6.92 Å². The Labute approximate surface area is 93.0 Å². The molecule has 2 atom stereocenters. The summed E-state index contributed by atoms with van der Waals surface area (Å²) >= 11 is 5.57. The average Bonchev–Trinajstić information content (AvgIpc) is 2.46. The molecule has 5 nitrogen and oxygen atoms in total. The number of imide groups is 1. The second-order valence-corrected chi connectivity index (χ2v) is 3.86. The maximum atomic E-state index is 11.6. The molecule has 2 unspecified atom stereocenters. The van der Waals surface area contributed by atoms with Crippen LogP contribution >= 0.6 is 11.6 Å². The van der Waals surface area contributed by atoms with Crippen LogP contribution < -0.4 is 5.32 Å². The van der Waals surface area contributed by atoms with Gasteiger partial charge < -0.3 is 5.32 Å².